The van der Waals surface area contributed by atoms with Gasteiger partial charge in [-0.3, -0.25) is 14.8 Å². The summed E-state index contributed by atoms with van der Waals surface area (Å²) < 4.78 is 5.96. The molecule has 0 saturated carbocycles. The molecule has 0 spiro atoms. The molecule has 6 heteroatoms. The highest BCUT2D eigenvalue weighted by molar-refractivity contribution is 5.93. The van der Waals surface area contributed by atoms with Gasteiger partial charge in [0, 0.05) is 30.3 Å². The molecular weight excluding hydrogens is 436 g/mol. The number of aromatic nitrogens is 2. The first-order valence-corrected chi connectivity index (χ1v) is 12.7. The molecule has 1 aromatic carbocycles. The molecule has 6 nitrogen and oxygen atoms in total. The number of carbonyl (C=O) groups is 1. The van der Waals surface area contributed by atoms with Crippen LogP contribution >= 0.6 is 0 Å². The van der Waals surface area contributed by atoms with Gasteiger partial charge in [0.1, 0.15) is 18.1 Å². The minimum Gasteiger partial charge on any atom is -0.487 e. The summed E-state index contributed by atoms with van der Waals surface area (Å²) in [6.45, 7) is 9.81. The second kappa shape index (κ2) is 13.5. The van der Waals surface area contributed by atoms with Crippen LogP contribution in [0, 0.1) is 5.92 Å². The van der Waals surface area contributed by atoms with Crippen LogP contribution in [0.4, 0.5) is 11.4 Å². The number of anilines is 2. The third-order valence-corrected chi connectivity index (χ3v) is 6.14. The molecule has 1 amide bonds. The maximum Gasteiger partial charge on any atom is 0.269 e. The van der Waals surface area contributed by atoms with Gasteiger partial charge in [-0.25, -0.2) is 0 Å². The largest absolute Gasteiger partial charge is 0.487 e. The van der Waals surface area contributed by atoms with Crippen molar-refractivity contribution >= 4 is 17.3 Å². The SMILES string of the molecule is CCCC(CC)CCNC(=O)c1cc(Nc2ccc(OCc3ccccn3)cc2C(C)C)ccn1. The van der Waals surface area contributed by atoms with Crippen molar-refractivity contribution in [2.24, 2.45) is 5.92 Å². The first kappa shape index (κ1) is 26.2. The van der Waals surface area contributed by atoms with Crippen LogP contribution in [0.2, 0.25) is 0 Å². The number of pyridine rings is 2. The van der Waals surface area contributed by atoms with E-state index >= 15 is 0 Å². The van der Waals surface area contributed by atoms with E-state index in [0.29, 0.717) is 24.8 Å². The summed E-state index contributed by atoms with van der Waals surface area (Å²) in [5.74, 6) is 1.61. The molecule has 0 radical (unpaired) electrons. The highest BCUT2D eigenvalue weighted by atomic mass is 16.5. The molecule has 0 aliphatic carbocycles. The van der Waals surface area contributed by atoms with Gasteiger partial charge in [0.05, 0.1) is 5.69 Å². The lowest BCUT2D eigenvalue weighted by atomic mass is 9.97. The van der Waals surface area contributed by atoms with Crippen LogP contribution in [-0.4, -0.2) is 22.4 Å². The molecule has 0 aliphatic heterocycles. The van der Waals surface area contributed by atoms with E-state index in [4.69, 9.17) is 4.74 Å². The molecule has 186 valence electrons. The molecule has 2 heterocycles. The minimum atomic E-state index is -0.137. The van der Waals surface area contributed by atoms with Crippen LogP contribution in [0.5, 0.6) is 5.75 Å². The van der Waals surface area contributed by atoms with E-state index in [-0.39, 0.29) is 11.8 Å². The van der Waals surface area contributed by atoms with Crippen LogP contribution in [-0.2, 0) is 6.61 Å². The van der Waals surface area contributed by atoms with Gasteiger partial charge < -0.3 is 15.4 Å². The van der Waals surface area contributed by atoms with Crippen LogP contribution in [0.15, 0.2) is 60.9 Å². The van der Waals surface area contributed by atoms with Gasteiger partial charge in [-0.1, -0.05) is 53.0 Å². The summed E-state index contributed by atoms with van der Waals surface area (Å²) in [6, 6.07) is 15.5. The molecule has 3 aromatic rings. The standard InChI is InChI=1S/C29H38N4O2/c1-5-9-22(6-2)13-16-32-29(34)28-18-23(14-17-31-28)33-27-12-11-25(19-26(27)21(3)4)35-20-24-10-7-8-15-30-24/h7-8,10-12,14-15,17-19,21-22H,5-6,9,13,16,20H2,1-4H3,(H,31,33)(H,32,34). The number of hydrogen-bond acceptors (Lipinski definition) is 5. The summed E-state index contributed by atoms with van der Waals surface area (Å²) in [4.78, 5) is 21.3. The molecule has 0 aliphatic rings. The Labute approximate surface area is 209 Å². The van der Waals surface area contributed by atoms with Crippen molar-refractivity contribution in [3.8, 4) is 5.75 Å². The predicted octanol–water partition coefficient (Wildman–Crippen LogP) is 6.87. The number of rotatable bonds is 13. The lowest BCUT2D eigenvalue weighted by Gasteiger charge is -2.17. The number of amides is 1. The average molecular weight is 475 g/mol. The first-order valence-electron chi connectivity index (χ1n) is 12.7. The minimum absolute atomic E-state index is 0.137. The van der Waals surface area contributed by atoms with E-state index in [0.717, 1.165) is 41.2 Å². The summed E-state index contributed by atoms with van der Waals surface area (Å²) in [6.07, 6.45) is 7.96. The van der Waals surface area contributed by atoms with Gasteiger partial charge in [0.15, 0.2) is 0 Å². The Morgan fingerprint density at radius 3 is 2.57 bits per heavy atom. The molecule has 1 unspecified atom stereocenters. The number of benzene rings is 1. The Bertz CT molecular complexity index is 1070. The van der Waals surface area contributed by atoms with Crippen LogP contribution in [0.1, 0.15) is 81.0 Å². The summed E-state index contributed by atoms with van der Waals surface area (Å²) in [5.41, 5.74) is 4.24. The lowest BCUT2D eigenvalue weighted by molar-refractivity contribution is 0.0946. The van der Waals surface area contributed by atoms with Crippen LogP contribution in [0.25, 0.3) is 0 Å². The maximum absolute atomic E-state index is 12.7. The third kappa shape index (κ3) is 8.09. The van der Waals surface area contributed by atoms with Gasteiger partial charge in [-0.05, 0) is 66.3 Å². The molecule has 3 rings (SSSR count). The van der Waals surface area contributed by atoms with Crippen molar-refractivity contribution in [3.05, 3.63) is 77.9 Å². The quantitative estimate of drug-likeness (QED) is 0.283. The lowest BCUT2D eigenvalue weighted by Crippen LogP contribution is -2.26. The number of nitrogens with zero attached hydrogens (tertiary/aromatic N) is 2. The number of ether oxygens (including phenoxy) is 1. The maximum atomic E-state index is 12.7. The monoisotopic (exact) mass is 474 g/mol. The predicted molar refractivity (Wildman–Crippen MR) is 142 cm³/mol. The number of hydrogen-bond donors (Lipinski definition) is 2. The van der Waals surface area contributed by atoms with Gasteiger partial charge in [-0.15, -0.1) is 0 Å². The van der Waals surface area contributed by atoms with E-state index in [1.807, 2.05) is 36.4 Å². The fourth-order valence-corrected chi connectivity index (χ4v) is 4.09. The van der Waals surface area contributed by atoms with Crippen molar-refractivity contribution in [2.45, 2.75) is 65.9 Å². The Morgan fingerprint density at radius 2 is 1.86 bits per heavy atom. The Kier molecular flexibility index (Phi) is 10.1. The van der Waals surface area contributed by atoms with Gasteiger partial charge in [-0.2, -0.15) is 0 Å². The molecule has 0 bridgehead atoms. The van der Waals surface area contributed by atoms with E-state index in [2.05, 4.69) is 54.4 Å². The Morgan fingerprint density at radius 1 is 1.00 bits per heavy atom. The molecule has 0 saturated heterocycles. The van der Waals surface area contributed by atoms with E-state index in [1.54, 1.807) is 18.5 Å². The highest BCUT2D eigenvalue weighted by Gasteiger charge is 2.13. The average Bonchev–Trinajstić information content (AvgIpc) is 2.88. The smallest absolute Gasteiger partial charge is 0.269 e. The normalized spacial score (nSPS) is 11.8. The zero-order valence-electron chi connectivity index (χ0n) is 21.4. The van der Waals surface area contributed by atoms with Gasteiger partial charge >= 0.3 is 0 Å². The highest BCUT2D eigenvalue weighted by Crippen LogP contribution is 2.31. The van der Waals surface area contributed by atoms with E-state index < -0.39 is 0 Å². The van der Waals surface area contributed by atoms with Crippen LogP contribution < -0.4 is 15.4 Å². The Balaban J connectivity index is 1.64. The molecule has 2 aromatic heterocycles. The fourth-order valence-electron chi connectivity index (χ4n) is 4.09. The Hall–Kier alpha value is -3.41. The third-order valence-electron chi connectivity index (χ3n) is 6.14. The van der Waals surface area contributed by atoms with E-state index in [1.165, 1.54) is 12.8 Å². The summed E-state index contributed by atoms with van der Waals surface area (Å²) >= 11 is 0. The van der Waals surface area contributed by atoms with Crippen LogP contribution in [0.3, 0.4) is 0 Å². The second-order valence-electron chi connectivity index (χ2n) is 9.18. The summed E-state index contributed by atoms with van der Waals surface area (Å²) in [7, 11) is 0. The zero-order valence-corrected chi connectivity index (χ0v) is 21.4. The molecule has 35 heavy (non-hydrogen) atoms. The summed E-state index contributed by atoms with van der Waals surface area (Å²) in [5, 5.41) is 6.49. The molecule has 2 N–H and O–H groups in total. The topological polar surface area (TPSA) is 76.1 Å². The van der Waals surface area contributed by atoms with Crippen molar-refractivity contribution < 1.29 is 9.53 Å². The van der Waals surface area contributed by atoms with Crippen molar-refractivity contribution in [2.75, 3.05) is 11.9 Å². The number of nitrogens with one attached hydrogen (secondary N) is 2. The molecular formula is C29H38N4O2. The van der Waals surface area contributed by atoms with Gasteiger partial charge in [0.2, 0.25) is 0 Å². The molecule has 0 fully saturated rings. The number of carbonyl (C=O) groups excluding carboxylic acids is 1. The fraction of sp³-hybridized carbons (Fsp3) is 0.414. The van der Waals surface area contributed by atoms with Gasteiger partial charge in [0.25, 0.3) is 5.91 Å². The second-order valence-corrected chi connectivity index (χ2v) is 9.18. The van der Waals surface area contributed by atoms with E-state index in [9.17, 15) is 4.79 Å². The zero-order chi connectivity index (χ0) is 25.0. The van der Waals surface area contributed by atoms with Crippen molar-refractivity contribution in [1.82, 2.24) is 15.3 Å². The molecule has 1 atom stereocenters. The van der Waals surface area contributed by atoms with Crippen molar-refractivity contribution in [3.63, 3.8) is 0 Å². The first-order chi connectivity index (χ1) is 17.0. The van der Waals surface area contributed by atoms with Crippen molar-refractivity contribution in [1.29, 1.82) is 0 Å².